The van der Waals surface area contributed by atoms with Gasteiger partial charge >= 0.3 is 5.97 Å². The van der Waals surface area contributed by atoms with Gasteiger partial charge in [-0.3, -0.25) is 0 Å². The van der Waals surface area contributed by atoms with E-state index in [1.54, 1.807) is 19.3 Å². The lowest BCUT2D eigenvalue weighted by molar-refractivity contribution is -0.132. The zero-order chi connectivity index (χ0) is 27.5. The Morgan fingerprint density at radius 3 is 2.70 bits per heavy atom. The van der Waals surface area contributed by atoms with Gasteiger partial charge < -0.3 is 14.6 Å². The van der Waals surface area contributed by atoms with Gasteiger partial charge in [0.25, 0.3) is 0 Å². The molecule has 6 nitrogen and oxygen atoms in total. The number of carboxylic acids is 1. The summed E-state index contributed by atoms with van der Waals surface area (Å²) in [7, 11) is 1.74. The van der Waals surface area contributed by atoms with Crippen molar-refractivity contribution in [3.63, 3.8) is 0 Å². The fourth-order valence-corrected chi connectivity index (χ4v) is 6.03. The van der Waals surface area contributed by atoms with Crippen LogP contribution in [0.1, 0.15) is 36.8 Å². The first-order valence-electron chi connectivity index (χ1n) is 13.9. The lowest BCUT2D eigenvalue weighted by Gasteiger charge is -2.32. The zero-order valence-corrected chi connectivity index (χ0v) is 22.8. The number of quaternary nitrogens is 1. The van der Waals surface area contributed by atoms with Gasteiger partial charge in [-0.25, -0.2) is 4.79 Å². The Bertz CT molecular complexity index is 1570. The molecule has 2 heterocycles. The molecule has 0 fully saturated rings. The number of rotatable bonds is 7. The standard InChI is InChI=1S/C34H33NO5/c1-38-35-19-5-2-6-20-39-21-9-17-29(34(36)37)26(27-14-8-15-28(33(27)35)30-23-31(30)35)16-10-22-40-32-18-7-12-24-11-3-4-13-25(24)32/h2-5,7-9,11-15,17-18H,6,10,16,19-23H2,1H3/p+1/b5-2-,17-9+,29-26-. The van der Waals surface area contributed by atoms with Crippen molar-refractivity contribution in [1.82, 2.24) is 4.65 Å². The highest BCUT2D eigenvalue weighted by molar-refractivity contribution is 6.04. The lowest BCUT2D eigenvalue weighted by Crippen LogP contribution is -2.45. The van der Waals surface area contributed by atoms with Crippen LogP contribution in [0.3, 0.4) is 0 Å². The number of para-hydroxylation sites is 1. The summed E-state index contributed by atoms with van der Waals surface area (Å²) in [5, 5.41) is 12.6. The molecule has 0 spiro atoms. The molecule has 1 atom stereocenters. The molecular formula is C34H34NO5+. The Hall–Kier alpha value is -3.97. The fraction of sp³-hybridized carbons (Fsp3) is 0.265. The van der Waals surface area contributed by atoms with E-state index in [4.69, 9.17) is 14.3 Å². The second-order valence-electron chi connectivity index (χ2n) is 10.3. The number of carboxylic acid groups (broad SMARTS) is 1. The molecule has 3 aromatic rings. The van der Waals surface area contributed by atoms with Crippen molar-refractivity contribution in [2.75, 3.05) is 33.5 Å². The van der Waals surface area contributed by atoms with Gasteiger partial charge in [0.2, 0.25) is 0 Å². The smallest absolute Gasteiger partial charge is 0.335 e. The van der Waals surface area contributed by atoms with E-state index in [2.05, 4.69) is 36.4 Å². The molecule has 40 heavy (non-hydrogen) atoms. The van der Waals surface area contributed by atoms with E-state index < -0.39 is 5.97 Å². The van der Waals surface area contributed by atoms with Crippen molar-refractivity contribution in [2.45, 2.75) is 25.7 Å². The van der Waals surface area contributed by atoms with Crippen LogP contribution in [0.2, 0.25) is 0 Å². The Morgan fingerprint density at radius 2 is 1.82 bits per heavy atom. The SMILES string of the molecule is CO[N+]12C/C=C\CCOC/C=C/C(C(=O)O)=C(\CCCOc3cccc4ccccc34)c3cccc(c31)C1=C2C1. The van der Waals surface area contributed by atoms with E-state index >= 15 is 0 Å². The molecule has 204 valence electrons. The van der Waals surface area contributed by atoms with Crippen LogP contribution in [0.4, 0.5) is 5.69 Å². The Labute approximate surface area is 234 Å². The molecule has 1 N–H and O–H groups in total. The molecule has 0 saturated carbocycles. The number of fused-ring (bicyclic) bond motifs is 3. The van der Waals surface area contributed by atoms with Crippen molar-refractivity contribution in [3.8, 4) is 5.75 Å². The summed E-state index contributed by atoms with van der Waals surface area (Å²) < 4.78 is 12.2. The van der Waals surface area contributed by atoms with Crippen LogP contribution in [-0.2, 0) is 14.4 Å². The van der Waals surface area contributed by atoms with Crippen molar-refractivity contribution in [3.05, 3.63) is 107 Å². The van der Waals surface area contributed by atoms with Crippen molar-refractivity contribution < 1.29 is 24.2 Å². The van der Waals surface area contributed by atoms with Crippen LogP contribution < -0.4 is 9.38 Å². The van der Waals surface area contributed by atoms with Gasteiger partial charge in [0.05, 0.1) is 38.9 Å². The summed E-state index contributed by atoms with van der Waals surface area (Å²) in [6, 6.07) is 20.4. The first-order valence-corrected chi connectivity index (χ1v) is 13.9. The van der Waals surface area contributed by atoms with Gasteiger partial charge in [0.15, 0.2) is 11.4 Å². The summed E-state index contributed by atoms with van der Waals surface area (Å²) >= 11 is 0. The number of allylic oxidation sites excluding steroid dienone is 3. The van der Waals surface area contributed by atoms with E-state index in [0.29, 0.717) is 39.2 Å². The van der Waals surface area contributed by atoms with Crippen LogP contribution >= 0.6 is 0 Å². The number of hydrogen-bond donors (Lipinski definition) is 1. The molecule has 0 aromatic heterocycles. The summed E-state index contributed by atoms with van der Waals surface area (Å²) in [6.45, 7) is 2.06. The number of hydrogen-bond acceptors (Lipinski definition) is 4. The number of carbonyl (C=O) groups is 1. The number of hydroxylamine groups is 2. The van der Waals surface area contributed by atoms with Gasteiger partial charge in [-0.05, 0) is 60.6 Å². The zero-order valence-electron chi connectivity index (χ0n) is 22.8. The Morgan fingerprint density at radius 1 is 1.00 bits per heavy atom. The molecule has 6 heteroatoms. The summed E-state index contributed by atoms with van der Waals surface area (Å²) in [5.74, 6) is -0.117. The second-order valence-corrected chi connectivity index (χ2v) is 10.3. The maximum Gasteiger partial charge on any atom is 0.335 e. The van der Waals surface area contributed by atoms with Gasteiger partial charge in [-0.2, -0.15) is 4.84 Å². The Kier molecular flexibility index (Phi) is 7.39. The third kappa shape index (κ3) is 4.79. The minimum absolute atomic E-state index is 0.277. The molecule has 2 aliphatic heterocycles. The molecule has 3 aromatic carbocycles. The monoisotopic (exact) mass is 536 g/mol. The van der Waals surface area contributed by atoms with Gasteiger partial charge in [0, 0.05) is 22.1 Å². The first kappa shape index (κ1) is 26.3. The van der Waals surface area contributed by atoms with Crippen molar-refractivity contribution >= 4 is 33.6 Å². The number of nitrogens with zero attached hydrogens (tertiary/aromatic N) is 1. The van der Waals surface area contributed by atoms with Crippen LogP contribution in [-0.4, -0.2) is 44.6 Å². The summed E-state index contributed by atoms with van der Waals surface area (Å²) in [5.41, 5.74) is 6.75. The van der Waals surface area contributed by atoms with Crippen molar-refractivity contribution in [1.29, 1.82) is 0 Å². The fourth-order valence-electron chi connectivity index (χ4n) is 6.03. The number of benzene rings is 3. The molecule has 6 rings (SSSR count). The van der Waals surface area contributed by atoms with Crippen LogP contribution in [0.25, 0.3) is 21.9 Å². The van der Waals surface area contributed by atoms with E-state index in [-0.39, 0.29) is 10.2 Å². The third-order valence-electron chi connectivity index (χ3n) is 7.95. The minimum Gasteiger partial charge on any atom is -0.493 e. The predicted molar refractivity (Wildman–Crippen MR) is 159 cm³/mol. The highest BCUT2D eigenvalue weighted by Crippen LogP contribution is 2.60. The topological polar surface area (TPSA) is 65.0 Å². The van der Waals surface area contributed by atoms with Gasteiger partial charge in [-0.15, -0.1) is 4.65 Å². The minimum atomic E-state index is -0.954. The van der Waals surface area contributed by atoms with E-state index in [1.165, 1.54) is 11.3 Å². The average Bonchev–Trinajstić information content (AvgIpc) is 3.73. The molecule has 1 aliphatic carbocycles. The normalized spacial score (nSPS) is 23.7. The van der Waals surface area contributed by atoms with Crippen LogP contribution in [0.15, 0.2) is 96.2 Å². The summed E-state index contributed by atoms with van der Waals surface area (Å²) in [6.07, 6.45) is 10.7. The number of aliphatic carboxylic acids is 1. The third-order valence-corrected chi connectivity index (χ3v) is 7.95. The average molecular weight is 537 g/mol. The highest BCUT2D eigenvalue weighted by atomic mass is 16.7. The molecule has 0 amide bonds. The van der Waals surface area contributed by atoms with Crippen LogP contribution in [0.5, 0.6) is 5.75 Å². The second kappa shape index (κ2) is 11.3. The van der Waals surface area contributed by atoms with E-state index in [0.717, 1.165) is 51.8 Å². The largest absolute Gasteiger partial charge is 0.493 e. The summed E-state index contributed by atoms with van der Waals surface area (Å²) in [4.78, 5) is 19.0. The predicted octanol–water partition coefficient (Wildman–Crippen LogP) is 7.07. The molecule has 3 aliphatic rings. The molecule has 0 saturated heterocycles. The Balaban J connectivity index is 1.37. The van der Waals surface area contributed by atoms with Crippen LogP contribution in [0, 0.1) is 0 Å². The maximum absolute atomic E-state index is 12.7. The number of ether oxygens (including phenoxy) is 2. The maximum atomic E-state index is 12.7. The molecule has 1 unspecified atom stereocenters. The quantitative estimate of drug-likeness (QED) is 0.199. The highest BCUT2D eigenvalue weighted by Gasteiger charge is 2.56. The van der Waals surface area contributed by atoms with E-state index in [1.807, 2.05) is 36.4 Å². The molecule has 0 radical (unpaired) electrons. The van der Waals surface area contributed by atoms with Gasteiger partial charge in [-0.1, -0.05) is 54.6 Å². The van der Waals surface area contributed by atoms with Crippen molar-refractivity contribution in [2.24, 2.45) is 0 Å². The van der Waals surface area contributed by atoms with E-state index in [9.17, 15) is 9.90 Å². The molecular weight excluding hydrogens is 502 g/mol. The van der Waals surface area contributed by atoms with Gasteiger partial charge in [0.1, 0.15) is 12.3 Å². The lowest BCUT2D eigenvalue weighted by atomic mass is 9.91. The molecule has 0 bridgehead atoms. The first-order chi connectivity index (χ1) is 19.6.